The van der Waals surface area contributed by atoms with Crippen molar-refractivity contribution in [1.29, 1.82) is 0 Å². The van der Waals surface area contributed by atoms with Gasteiger partial charge >= 0.3 is 12.2 Å². The van der Waals surface area contributed by atoms with Crippen molar-refractivity contribution in [2.45, 2.75) is 69.0 Å². The molecule has 9 rings (SSSR count). The van der Waals surface area contributed by atoms with Gasteiger partial charge < -0.3 is 20.3 Å². The molecule has 1 amide bonds. The van der Waals surface area contributed by atoms with Crippen molar-refractivity contribution in [1.82, 2.24) is 29.7 Å². The minimum absolute atomic E-state index is 0.0316. The maximum atomic E-state index is 17.0. The molecule has 0 spiro atoms. The zero-order valence-electron chi connectivity index (χ0n) is 29.4. The number of likely N-dealkylation sites (tertiary alicyclic amines) is 1. The maximum Gasteiger partial charge on any atom is 0.418 e. The number of amides is 1. The van der Waals surface area contributed by atoms with Gasteiger partial charge in [-0.05, 0) is 56.8 Å². The number of hydrogen-bond donors (Lipinski definition) is 1. The summed E-state index contributed by atoms with van der Waals surface area (Å²) in [5, 5.41) is 1.88. The Balaban J connectivity index is 1.12. The number of fused-ring (bicyclic) bond motifs is 7. The van der Waals surface area contributed by atoms with E-state index in [0.29, 0.717) is 30.8 Å². The fraction of sp³-hybridized carbons (Fsp3) is 0.486. The summed E-state index contributed by atoms with van der Waals surface area (Å²) in [6.07, 6.45) is -0.0663. The van der Waals surface area contributed by atoms with Crippen molar-refractivity contribution in [3.8, 4) is 17.3 Å². The molecule has 0 saturated carbocycles. The molecular weight excluding hydrogens is 770 g/mol. The average Bonchev–Trinajstić information content (AvgIpc) is 3.96. The SMILES string of the molecule is Cc1cc(N)nc(-c2c(Cl)cc3c(N4C5CC[C@H]4[C@H]4CN(C(=O)/C(F)=C/c6nccs6)C[C@@H]54)nc(OC[C@]45CCCN4C[C@H](F)C5)nc3c2F)c1C(F)(F)F. The maximum absolute atomic E-state index is 17.0. The Kier molecular flexibility index (Phi) is 8.73. The second-order valence-electron chi connectivity index (χ2n) is 15.2. The fourth-order valence-electron chi connectivity index (χ4n) is 10.0. The predicted molar refractivity (Wildman–Crippen MR) is 194 cm³/mol. The summed E-state index contributed by atoms with van der Waals surface area (Å²) >= 11 is 7.92. The van der Waals surface area contributed by atoms with Crippen LogP contribution in [0.1, 0.15) is 48.2 Å². The number of carbonyl (C=O) groups is 1. The number of carbonyl (C=O) groups excluding carboxylic acids is 1. The van der Waals surface area contributed by atoms with E-state index >= 15 is 8.78 Å². The minimum Gasteiger partial charge on any atom is -0.461 e. The smallest absolute Gasteiger partial charge is 0.418 e. The van der Waals surface area contributed by atoms with E-state index in [0.717, 1.165) is 18.6 Å². The van der Waals surface area contributed by atoms with E-state index in [-0.39, 0.29) is 95.7 Å². The van der Waals surface area contributed by atoms with E-state index in [1.165, 1.54) is 35.4 Å². The third-order valence-corrected chi connectivity index (χ3v) is 13.2. The molecule has 6 atom stereocenters. The molecule has 1 aromatic carbocycles. The second-order valence-corrected chi connectivity index (χ2v) is 16.6. The molecule has 18 heteroatoms. The van der Waals surface area contributed by atoms with Crippen LogP contribution in [0.15, 0.2) is 29.5 Å². The van der Waals surface area contributed by atoms with Crippen molar-refractivity contribution in [2.75, 3.05) is 43.4 Å². The van der Waals surface area contributed by atoms with Crippen molar-refractivity contribution in [2.24, 2.45) is 11.8 Å². The van der Waals surface area contributed by atoms with Gasteiger partial charge in [-0.3, -0.25) is 9.69 Å². The molecule has 1 unspecified atom stereocenters. The number of aryl methyl sites for hydroxylation is 1. The first-order valence-corrected chi connectivity index (χ1v) is 19.4. The number of aromatic nitrogens is 4. The first-order chi connectivity index (χ1) is 26.2. The van der Waals surface area contributed by atoms with Gasteiger partial charge in [0, 0.05) is 73.0 Å². The van der Waals surface area contributed by atoms with Gasteiger partial charge in [-0.25, -0.2) is 23.1 Å². The summed E-state index contributed by atoms with van der Waals surface area (Å²) in [4.78, 5) is 36.0. The van der Waals surface area contributed by atoms with E-state index in [1.807, 2.05) is 0 Å². The van der Waals surface area contributed by atoms with E-state index in [1.54, 1.807) is 5.38 Å². The lowest BCUT2D eigenvalue weighted by molar-refractivity contribution is -0.137. The molecule has 3 aromatic heterocycles. The predicted octanol–water partition coefficient (Wildman–Crippen LogP) is 7.24. The minimum atomic E-state index is -4.92. The van der Waals surface area contributed by atoms with Gasteiger partial charge in [0.1, 0.15) is 34.9 Å². The Labute approximate surface area is 320 Å². The average molecular weight is 805 g/mol. The molecule has 0 radical (unpaired) electrons. The molecule has 5 saturated heterocycles. The Morgan fingerprint density at radius 1 is 1.15 bits per heavy atom. The van der Waals surface area contributed by atoms with Crippen LogP contribution in [0.5, 0.6) is 6.01 Å². The standard InChI is InChI=1S/C37H35ClF6N8O2S/c1-17-9-26(45)47-32(29(17)37(42,43)44)28-22(38)10-19-31(30(28)41)48-35(54-16-36-5-2-7-51(36)13-18(39)12-36)49-33(19)52-24-3-4-25(52)21-15-50(14-20(21)24)34(53)23(40)11-27-46-6-8-55-27/h6,8-11,18,20-21,24-25H,2-5,7,12-16H2,1H3,(H2,45,47)/b23-11-/t18-,20-,21+,24?,25+,36-/m1/s1. The summed E-state index contributed by atoms with van der Waals surface area (Å²) in [6.45, 7) is 2.80. The quantitative estimate of drug-likeness (QED) is 0.153. The summed E-state index contributed by atoms with van der Waals surface area (Å²) in [5.74, 6) is -2.87. The zero-order valence-corrected chi connectivity index (χ0v) is 31.0. The molecule has 2 bridgehead atoms. The number of hydrogen-bond acceptors (Lipinski definition) is 10. The number of halogens is 7. The topological polar surface area (TPSA) is 114 Å². The van der Waals surface area contributed by atoms with Gasteiger partial charge in [-0.15, -0.1) is 11.3 Å². The van der Waals surface area contributed by atoms with E-state index < -0.39 is 52.3 Å². The van der Waals surface area contributed by atoms with Crippen molar-refractivity contribution in [3.63, 3.8) is 0 Å². The van der Waals surface area contributed by atoms with E-state index in [4.69, 9.17) is 27.1 Å². The number of rotatable bonds is 7. The molecule has 5 aliphatic rings. The molecule has 5 fully saturated rings. The number of nitrogen functional groups attached to an aromatic ring is 1. The van der Waals surface area contributed by atoms with Crippen LogP contribution in [-0.4, -0.2) is 92.2 Å². The first-order valence-electron chi connectivity index (χ1n) is 18.1. The molecule has 2 N–H and O–H groups in total. The van der Waals surface area contributed by atoms with Gasteiger partial charge in [0.2, 0.25) is 0 Å². The Bertz CT molecular complexity index is 2220. The highest BCUT2D eigenvalue weighted by molar-refractivity contribution is 7.10. The number of nitrogens with zero attached hydrogens (tertiary/aromatic N) is 7. The van der Waals surface area contributed by atoms with E-state index in [2.05, 4.69) is 24.8 Å². The highest BCUT2D eigenvalue weighted by Crippen LogP contribution is 2.53. The van der Waals surface area contributed by atoms with Gasteiger partial charge in [0.25, 0.3) is 5.91 Å². The van der Waals surface area contributed by atoms with Crippen molar-refractivity contribution >= 4 is 57.5 Å². The second kappa shape index (κ2) is 13.2. The summed E-state index contributed by atoms with van der Waals surface area (Å²) < 4.78 is 96.3. The number of thiazole rings is 1. The summed E-state index contributed by atoms with van der Waals surface area (Å²) in [5.41, 5.74) is 2.14. The van der Waals surface area contributed by atoms with Gasteiger partial charge in [-0.1, -0.05) is 11.6 Å². The van der Waals surface area contributed by atoms with Crippen LogP contribution in [0.3, 0.4) is 0 Å². The van der Waals surface area contributed by atoms with Crippen LogP contribution in [-0.2, 0) is 11.0 Å². The number of benzene rings is 1. The zero-order chi connectivity index (χ0) is 38.6. The lowest BCUT2D eigenvalue weighted by Gasteiger charge is -2.31. The van der Waals surface area contributed by atoms with Gasteiger partial charge in [-0.2, -0.15) is 23.1 Å². The normalized spacial score (nSPS) is 27.8. The number of alkyl halides is 4. The van der Waals surface area contributed by atoms with Crippen LogP contribution >= 0.6 is 22.9 Å². The lowest BCUT2D eigenvalue weighted by atomic mass is 9.82. The fourth-order valence-corrected chi connectivity index (χ4v) is 10.8. The van der Waals surface area contributed by atoms with Crippen LogP contribution < -0.4 is 15.4 Å². The largest absolute Gasteiger partial charge is 0.461 e. The monoisotopic (exact) mass is 804 g/mol. The Morgan fingerprint density at radius 3 is 2.58 bits per heavy atom. The van der Waals surface area contributed by atoms with Gasteiger partial charge in [0.15, 0.2) is 11.6 Å². The summed E-state index contributed by atoms with van der Waals surface area (Å²) in [7, 11) is 0. The highest BCUT2D eigenvalue weighted by Gasteiger charge is 2.58. The Hall–Kier alpha value is -4.22. The molecule has 8 heterocycles. The van der Waals surface area contributed by atoms with Crippen molar-refractivity contribution < 1.29 is 35.9 Å². The lowest BCUT2D eigenvalue weighted by Crippen LogP contribution is -2.43. The first kappa shape index (κ1) is 36.4. The highest BCUT2D eigenvalue weighted by atomic mass is 35.5. The molecule has 10 nitrogen and oxygen atoms in total. The molecule has 4 aromatic rings. The van der Waals surface area contributed by atoms with E-state index in [9.17, 15) is 22.4 Å². The third kappa shape index (κ3) is 5.99. The van der Waals surface area contributed by atoms with Crippen molar-refractivity contribution in [3.05, 3.63) is 56.5 Å². The molecular formula is C37H35ClF6N8O2S. The molecule has 5 aliphatic heterocycles. The molecule has 0 aliphatic carbocycles. The van der Waals surface area contributed by atoms with Crippen LogP contribution in [0.2, 0.25) is 5.02 Å². The third-order valence-electron chi connectivity index (χ3n) is 12.1. The molecule has 290 valence electrons. The number of ether oxygens (including phenoxy) is 1. The summed E-state index contributed by atoms with van der Waals surface area (Å²) in [6, 6.07) is 1.81. The number of pyridine rings is 1. The molecule has 55 heavy (non-hydrogen) atoms. The Morgan fingerprint density at radius 2 is 1.89 bits per heavy atom. The van der Waals surface area contributed by atoms with Crippen LogP contribution in [0.25, 0.3) is 28.2 Å². The number of anilines is 2. The van der Waals surface area contributed by atoms with Gasteiger partial charge in [0.05, 0.1) is 27.4 Å². The number of nitrogens with two attached hydrogens (primary N) is 1. The van der Waals surface area contributed by atoms with Crippen LogP contribution in [0.4, 0.5) is 38.0 Å². The van der Waals surface area contributed by atoms with Crippen LogP contribution in [0, 0.1) is 24.6 Å².